The molecule has 2 atom stereocenters. The summed E-state index contributed by atoms with van der Waals surface area (Å²) in [5.74, 6) is 0.557. The lowest BCUT2D eigenvalue weighted by molar-refractivity contribution is 0.0627. The van der Waals surface area contributed by atoms with Gasteiger partial charge in [-0.15, -0.1) is 0 Å². The van der Waals surface area contributed by atoms with E-state index in [1.165, 1.54) is 23.7 Å². The maximum atomic E-state index is 6.84. The van der Waals surface area contributed by atoms with Crippen molar-refractivity contribution in [1.82, 2.24) is 0 Å². The molecule has 0 aliphatic carbocycles. The van der Waals surface area contributed by atoms with Crippen LogP contribution in [-0.2, 0) is 8.85 Å². The first-order chi connectivity index (χ1) is 11.0. The van der Waals surface area contributed by atoms with Crippen LogP contribution in [0.3, 0.4) is 0 Å². The zero-order chi connectivity index (χ0) is 20.1. The molecule has 25 heavy (non-hydrogen) atoms. The molecule has 152 valence electrons. The molecular formula is C20H45IO2Si2. The van der Waals surface area contributed by atoms with Crippen LogP contribution in [0.15, 0.2) is 0 Å². The van der Waals surface area contributed by atoms with E-state index in [1.54, 1.807) is 0 Å². The van der Waals surface area contributed by atoms with Crippen LogP contribution < -0.4 is 0 Å². The molecule has 0 rings (SSSR count). The fraction of sp³-hybridized carbons (Fsp3) is 1.00. The molecule has 2 nitrogen and oxygen atoms in total. The van der Waals surface area contributed by atoms with E-state index >= 15 is 0 Å². The van der Waals surface area contributed by atoms with Crippen LogP contribution in [0.1, 0.15) is 67.7 Å². The van der Waals surface area contributed by atoms with Gasteiger partial charge in [0.25, 0.3) is 0 Å². The van der Waals surface area contributed by atoms with Crippen molar-refractivity contribution in [3.8, 4) is 0 Å². The van der Waals surface area contributed by atoms with Crippen molar-refractivity contribution >= 4 is 39.2 Å². The largest absolute Gasteiger partial charge is 0.414 e. The van der Waals surface area contributed by atoms with Crippen LogP contribution in [0, 0.1) is 5.92 Å². The van der Waals surface area contributed by atoms with Crippen molar-refractivity contribution < 1.29 is 8.85 Å². The van der Waals surface area contributed by atoms with Crippen LogP contribution >= 0.6 is 22.6 Å². The minimum atomic E-state index is -1.79. The Morgan fingerprint density at radius 2 is 1.32 bits per heavy atom. The predicted molar refractivity (Wildman–Crippen MR) is 127 cm³/mol. The number of unbranched alkanes of at least 4 members (excludes halogenated alkanes) is 1. The summed E-state index contributed by atoms with van der Waals surface area (Å²) in [6, 6.07) is 0. The number of hydrogen-bond acceptors (Lipinski definition) is 2. The van der Waals surface area contributed by atoms with Crippen molar-refractivity contribution in [2.24, 2.45) is 5.92 Å². The molecule has 0 aromatic carbocycles. The Hall–Kier alpha value is 1.08. The first-order valence-electron chi connectivity index (χ1n) is 9.93. The van der Waals surface area contributed by atoms with Gasteiger partial charge in [0.2, 0.25) is 0 Å². The summed E-state index contributed by atoms with van der Waals surface area (Å²) in [5.41, 5.74) is 0. The van der Waals surface area contributed by atoms with Crippen molar-refractivity contribution in [1.29, 1.82) is 0 Å². The van der Waals surface area contributed by atoms with Crippen LogP contribution in [0.25, 0.3) is 0 Å². The second-order valence-corrected chi connectivity index (χ2v) is 21.3. The molecular weight excluding hydrogens is 455 g/mol. The molecule has 0 unspecified atom stereocenters. The summed E-state index contributed by atoms with van der Waals surface area (Å²) in [5, 5.41) is 0.489. The van der Waals surface area contributed by atoms with E-state index in [4.69, 9.17) is 8.85 Å². The van der Waals surface area contributed by atoms with Gasteiger partial charge in [0.1, 0.15) is 0 Å². The highest BCUT2D eigenvalue weighted by Gasteiger charge is 2.42. The van der Waals surface area contributed by atoms with E-state index in [9.17, 15) is 0 Å². The molecule has 0 aromatic heterocycles. The molecule has 0 aliphatic rings. The smallest absolute Gasteiger partial charge is 0.192 e. The monoisotopic (exact) mass is 500 g/mol. The van der Waals surface area contributed by atoms with E-state index in [-0.39, 0.29) is 16.2 Å². The molecule has 0 spiro atoms. The molecule has 0 amide bonds. The third kappa shape index (κ3) is 8.75. The Labute approximate surface area is 174 Å². The van der Waals surface area contributed by atoms with Crippen molar-refractivity contribution in [2.45, 2.75) is 110 Å². The van der Waals surface area contributed by atoms with Crippen LogP contribution in [0.2, 0.25) is 36.3 Å². The summed E-state index contributed by atoms with van der Waals surface area (Å²) in [6.07, 6.45) is 4.06. The minimum Gasteiger partial charge on any atom is -0.414 e. The Morgan fingerprint density at radius 3 is 1.72 bits per heavy atom. The lowest BCUT2D eigenvalue weighted by atomic mass is 9.99. The lowest BCUT2D eigenvalue weighted by Crippen LogP contribution is -2.49. The van der Waals surface area contributed by atoms with Gasteiger partial charge in [-0.3, -0.25) is 0 Å². The van der Waals surface area contributed by atoms with Gasteiger partial charge in [-0.1, -0.05) is 77.5 Å². The second kappa shape index (κ2) is 10.0. The Kier molecular flexibility index (Phi) is 10.5. The molecule has 0 saturated heterocycles. The summed E-state index contributed by atoms with van der Waals surface area (Å²) in [7, 11) is -3.53. The highest BCUT2D eigenvalue weighted by Crippen LogP contribution is 2.40. The molecule has 0 heterocycles. The molecule has 0 N–H and O–H groups in total. The molecule has 0 saturated carbocycles. The summed E-state index contributed by atoms with van der Waals surface area (Å²) in [6.45, 7) is 26.5. The average molecular weight is 501 g/mol. The third-order valence-corrected chi connectivity index (χ3v) is 16.1. The Balaban J connectivity index is 5.14. The van der Waals surface area contributed by atoms with E-state index in [1.807, 2.05) is 0 Å². The third-order valence-electron chi connectivity index (χ3n) is 6.34. The van der Waals surface area contributed by atoms with E-state index in [0.29, 0.717) is 5.92 Å². The topological polar surface area (TPSA) is 18.5 Å². The van der Waals surface area contributed by atoms with Crippen LogP contribution in [-0.4, -0.2) is 33.8 Å². The lowest BCUT2D eigenvalue weighted by Gasteiger charge is -2.43. The van der Waals surface area contributed by atoms with E-state index in [2.05, 4.69) is 97.2 Å². The number of rotatable bonds is 10. The fourth-order valence-corrected chi connectivity index (χ4v) is 5.09. The van der Waals surface area contributed by atoms with Crippen molar-refractivity contribution in [3.63, 3.8) is 0 Å². The molecule has 0 aromatic rings. The van der Waals surface area contributed by atoms with Gasteiger partial charge < -0.3 is 8.85 Å². The highest BCUT2D eigenvalue weighted by atomic mass is 127. The Bertz CT molecular complexity index is 384. The van der Waals surface area contributed by atoms with Gasteiger partial charge in [0, 0.05) is 0 Å². The zero-order valence-corrected chi connectivity index (χ0v) is 23.0. The van der Waals surface area contributed by atoms with Crippen molar-refractivity contribution in [2.75, 3.05) is 11.0 Å². The van der Waals surface area contributed by atoms with Gasteiger partial charge in [-0.05, 0) is 59.5 Å². The van der Waals surface area contributed by atoms with Gasteiger partial charge in [0.05, 0.1) is 12.7 Å². The summed E-state index contributed by atoms with van der Waals surface area (Å²) in [4.78, 5) is 0. The zero-order valence-electron chi connectivity index (χ0n) is 18.9. The van der Waals surface area contributed by atoms with E-state index in [0.717, 1.165) is 6.61 Å². The standard InChI is InChI=1S/C20H45IO2Si2/c1-17(14-12-13-15-21)18(23-25(10,11)20(5,6)7)16-22-24(8,9)19(2,3)4/h17-18H,12-16H2,1-11H3/t17-,18-/m0/s1. The summed E-state index contributed by atoms with van der Waals surface area (Å²) >= 11 is 2.48. The van der Waals surface area contributed by atoms with Crippen LogP contribution in [0.4, 0.5) is 0 Å². The normalized spacial score (nSPS) is 16.8. The quantitative estimate of drug-likeness (QED) is 0.133. The Morgan fingerprint density at radius 1 is 0.840 bits per heavy atom. The second-order valence-electron chi connectivity index (χ2n) is 10.6. The van der Waals surface area contributed by atoms with Crippen LogP contribution in [0.5, 0.6) is 0 Å². The molecule has 5 heteroatoms. The van der Waals surface area contributed by atoms with Gasteiger partial charge in [-0.25, -0.2) is 0 Å². The van der Waals surface area contributed by atoms with E-state index < -0.39 is 16.6 Å². The molecule has 0 bridgehead atoms. The molecule has 0 fully saturated rings. The average Bonchev–Trinajstić information content (AvgIpc) is 2.40. The maximum Gasteiger partial charge on any atom is 0.192 e. The highest BCUT2D eigenvalue weighted by molar-refractivity contribution is 14.1. The maximum absolute atomic E-state index is 6.84. The predicted octanol–water partition coefficient (Wildman–Crippen LogP) is 7.64. The summed E-state index contributed by atoms with van der Waals surface area (Å²) < 4.78 is 14.7. The first-order valence-corrected chi connectivity index (χ1v) is 17.3. The fourth-order valence-electron chi connectivity index (χ4n) is 2.12. The van der Waals surface area contributed by atoms with Gasteiger partial charge in [0.15, 0.2) is 16.6 Å². The first kappa shape index (κ1) is 26.1. The number of alkyl halides is 1. The van der Waals surface area contributed by atoms with Gasteiger partial charge >= 0.3 is 0 Å². The molecule has 0 aliphatic heterocycles. The minimum absolute atomic E-state index is 0.226. The SMILES string of the molecule is C[C@@H](CCCCI)[C@H](CO[Si](C)(C)C(C)(C)C)O[Si](C)(C)C(C)(C)C. The number of halogens is 1. The van der Waals surface area contributed by atoms with Crippen molar-refractivity contribution in [3.05, 3.63) is 0 Å². The van der Waals surface area contributed by atoms with Gasteiger partial charge in [-0.2, -0.15) is 0 Å². The molecule has 0 radical (unpaired) electrons. The number of hydrogen-bond donors (Lipinski definition) is 0.